The zero-order valence-electron chi connectivity index (χ0n) is 9.00. The van der Waals surface area contributed by atoms with E-state index < -0.39 is 0 Å². The van der Waals surface area contributed by atoms with E-state index in [0.29, 0.717) is 17.1 Å². The first-order chi connectivity index (χ1) is 6.10. The molecule has 0 aliphatic heterocycles. The van der Waals surface area contributed by atoms with Crippen molar-refractivity contribution >= 4 is 25.5 Å². The molecular weight excluding hydrogens is 183 g/mol. The molecule has 0 unspecified atom stereocenters. The highest BCUT2D eigenvalue weighted by Crippen LogP contribution is 2.22. The van der Waals surface area contributed by atoms with Crippen molar-refractivity contribution in [1.82, 2.24) is 0 Å². The van der Waals surface area contributed by atoms with Crippen LogP contribution in [0.4, 0.5) is 4.79 Å². The Hall–Kier alpha value is -0.115. The number of hydrogen-bond acceptors (Lipinski definition) is 3. The van der Waals surface area contributed by atoms with Crippen LogP contribution in [0.15, 0.2) is 0 Å². The second kappa shape index (κ2) is 7.30. The average Bonchev–Trinajstić information content (AvgIpc) is 2.10. The van der Waals surface area contributed by atoms with Crippen LogP contribution in [0.3, 0.4) is 0 Å². The highest BCUT2D eigenvalue weighted by molar-refractivity contribution is 8.00. The Morgan fingerprint density at radius 1 is 1.46 bits per heavy atom. The molecule has 0 aliphatic carbocycles. The van der Waals surface area contributed by atoms with Crippen molar-refractivity contribution in [3.05, 3.63) is 0 Å². The number of rotatable bonds is 6. The maximum atomic E-state index is 10.5. The van der Waals surface area contributed by atoms with Crippen LogP contribution < -0.4 is 0 Å². The van der Waals surface area contributed by atoms with Gasteiger partial charge in [0.05, 0.1) is 0 Å². The van der Waals surface area contributed by atoms with Gasteiger partial charge in [0, 0.05) is 10.5 Å². The van der Waals surface area contributed by atoms with Gasteiger partial charge < -0.3 is 4.74 Å². The summed E-state index contributed by atoms with van der Waals surface area (Å²) in [5.74, 6) is -0.183. The van der Waals surface area contributed by atoms with Gasteiger partial charge in [0.15, 0.2) is 0 Å². The van der Waals surface area contributed by atoms with Gasteiger partial charge in [-0.3, -0.25) is 4.79 Å². The van der Waals surface area contributed by atoms with Gasteiger partial charge >= 0.3 is 0 Å². The molecule has 0 fully saturated rings. The molecule has 76 valence electrons. The minimum absolute atomic E-state index is 0.183. The lowest BCUT2D eigenvalue weighted by Crippen LogP contribution is -2.15. The normalized spacial score (nSPS) is 12.9. The first-order valence-electron chi connectivity index (χ1n) is 4.88. The summed E-state index contributed by atoms with van der Waals surface area (Å²) < 4.78 is 4.93. The van der Waals surface area contributed by atoms with E-state index in [2.05, 4.69) is 20.8 Å². The summed E-state index contributed by atoms with van der Waals surface area (Å²) in [4.78, 5) is 10.5. The fourth-order valence-electron chi connectivity index (χ4n) is 1.08. The number of thioether (sulfide) groups is 1. The van der Waals surface area contributed by atoms with Crippen molar-refractivity contribution in [1.29, 1.82) is 0 Å². The number of carbonyl (C=O) groups is 1. The zero-order chi connectivity index (χ0) is 10.3. The molecule has 0 aromatic heterocycles. The molecule has 2 nitrogen and oxygen atoms in total. The SMILES string of the molecule is BC(=O)OC[C@@H](C)SC(CC)CC. The molecule has 0 rings (SSSR count). The minimum Gasteiger partial charge on any atom is -0.473 e. The van der Waals surface area contributed by atoms with Crippen LogP contribution in [0.1, 0.15) is 33.6 Å². The van der Waals surface area contributed by atoms with E-state index in [0.717, 1.165) is 0 Å². The summed E-state index contributed by atoms with van der Waals surface area (Å²) >= 11 is 1.91. The molecule has 0 saturated heterocycles. The number of carbonyl (C=O) groups excluding carboxylic acids is 1. The smallest absolute Gasteiger partial charge is 0.243 e. The van der Waals surface area contributed by atoms with E-state index in [1.165, 1.54) is 20.7 Å². The molecule has 4 heteroatoms. The number of ether oxygens (including phenoxy) is 1. The molecule has 0 amide bonds. The summed E-state index contributed by atoms with van der Waals surface area (Å²) in [7, 11) is 1.45. The van der Waals surface area contributed by atoms with Crippen LogP contribution in [0.25, 0.3) is 0 Å². The molecule has 0 aromatic carbocycles. The number of hydrogen-bond donors (Lipinski definition) is 0. The Balaban J connectivity index is 3.59. The summed E-state index contributed by atoms with van der Waals surface area (Å²) in [6.45, 7) is 7.03. The monoisotopic (exact) mass is 202 g/mol. The van der Waals surface area contributed by atoms with Crippen molar-refractivity contribution in [2.24, 2.45) is 0 Å². The predicted molar refractivity (Wildman–Crippen MR) is 61.3 cm³/mol. The van der Waals surface area contributed by atoms with Crippen molar-refractivity contribution in [3.63, 3.8) is 0 Å². The Morgan fingerprint density at radius 3 is 2.38 bits per heavy atom. The van der Waals surface area contributed by atoms with Crippen molar-refractivity contribution < 1.29 is 9.53 Å². The first-order valence-corrected chi connectivity index (χ1v) is 5.83. The summed E-state index contributed by atoms with van der Waals surface area (Å²) in [5.41, 5.74) is 0. The summed E-state index contributed by atoms with van der Waals surface area (Å²) in [6, 6.07) is 0. The van der Waals surface area contributed by atoms with Crippen molar-refractivity contribution in [2.75, 3.05) is 6.61 Å². The van der Waals surface area contributed by atoms with E-state index in [1.54, 1.807) is 0 Å². The van der Waals surface area contributed by atoms with E-state index in [4.69, 9.17) is 4.74 Å². The first kappa shape index (κ1) is 12.9. The van der Waals surface area contributed by atoms with Gasteiger partial charge in [-0.05, 0) is 19.8 Å². The summed E-state index contributed by atoms with van der Waals surface area (Å²) in [6.07, 6.45) is 2.37. The quantitative estimate of drug-likeness (QED) is 0.616. The van der Waals surface area contributed by atoms with Gasteiger partial charge in [-0.15, -0.1) is 0 Å². The van der Waals surface area contributed by atoms with Gasteiger partial charge in [-0.25, -0.2) is 0 Å². The van der Waals surface area contributed by atoms with Gasteiger partial charge in [-0.1, -0.05) is 13.8 Å². The van der Waals surface area contributed by atoms with Gasteiger partial charge in [0.1, 0.15) is 6.61 Å². The van der Waals surface area contributed by atoms with E-state index in [1.807, 2.05) is 11.8 Å². The predicted octanol–water partition coefficient (Wildman–Crippen LogP) is 2.07. The Labute approximate surface area is 86.2 Å². The summed E-state index contributed by atoms with van der Waals surface area (Å²) in [5, 5.41) is 1.11. The third-order valence-corrected chi connectivity index (χ3v) is 3.51. The molecule has 0 aliphatic rings. The van der Waals surface area contributed by atoms with E-state index in [9.17, 15) is 4.79 Å². The molecular formula is C9H19BO2S. The van der Waals surface area contributed by atoms with Gasteiger partial charge in [-0.2, -0.15) is 11.8 Å². The molecule has 1 atom stereocenters. The second-order valence-corrected chi connectivity index (χ2v) is 4.93. The lowest BCUT2D eigenvalue weighted by atomic mass is 10.2. The van der Waals surface area contributed by atoms with Crippen LogP contribution in [0.5, 0.6) is 0 Å². The molecule has 0 spiro atoms. The van der Waals surface area contributed by atoms with Crippen LogP contribution in [-0.4, -0.2) is 30.8 Å². The van der Waals surface area contributed by atoms with E-state index >= 15 is 0 Å². The Morgan fingerprint density at radius 2 is 2.00 bits per heavy atom. The third-order valence-electron chi connectivity index (χ3n) is 1.86. The van der Waals surface area contributed by atoms with Crippen LogP contribution in [0.2, 0.25) is 0 Å². The molecule has 0 radical (unpaired) electrons. The van der Waals surface area contributed by atoms with Gasteiger partial charge in [0.25, 0.3) is 0 Å². The molecule has 0 heterocycles. The highest BCUT2D eigenvalue weighted by atomic mass is 32.2. The molecule has 13 heavy (non-hydrogen) atoms. The molecule has 0 saturated carbocycles. The molecule has 0 aromatic rings. The maximum Gasteiger partial charge on any atom is 0.243 e. The molecule has 0 N–H and O–H groups in total. The van der Waals surface area contributed by atoms with Crippen LogP contribution in [0, 0.1) is 0 Å². The fourth-order valence-corrected chi connectivity index (χ4v) is 2.27. The van der Waals surface area contributed by atoms with Crippen molar-refractivity contribution in [2.45, 2.75) is 44.1 Å². The van der Waals surface area contributed by atoms with Crippen LogP contribution >= 0.6 is 11.8 Å². The zero-order valence-corrected chi connectivity index (χ0v) is 9.82. The lowest BCUT2D eigenvalue weighted by molar-refractivity contribution is 0.175. The topological polar surface area (TPSA) is 26.3 Å². The van der Waals surface area contributed by atoms with Crippen molar-refractivity contribution in [3.8, 4) is 0 Å². The minimum atomic E-state index is -0.183. The average molecular weight is 202 g/mol. The van der Waals surface area contributed by atoms with Gasteiger partial charge in [0.2, 0.25) is 13.7 Å². The highest BCUT2D eigenvalue weighted by Gasteiger charge is 2.10. The maximum absolute atomic E-state index is 10.5. The van der Waals surface area contributed by atoms with Crippen LogP contribution in [-0.2, 0) is 4.74 Å². The Bertz CT molecular complexity index is 149. The third kappa shape index (κ3) is 6.99. The Kier molecular flexibility index (Phi) is 7.24. The van der Waals surface area contributed by atoms with E-state index in [-0.39, 0.29) is 5.87 Å². The second-order valence-electron chi connectivity index (χ2n) is 3.19. The fraction of sp³-hybridized carbons (Fsp3) is 0.889. The lowest BCUT2D eigenvalue weighted by Gasteiger charge is -2.17. The largest absolute Gasteiger partial charge is 0.473 e. The molecule has 0 bridgehead atoms. The standard InChI is InChI=1S/C9H19BO2S/c1-4-8(5-2)13-7(3)6-12-9(10)11/h7-8H,4-6,10H2,1-3H3/t7-/m1/s1.